The molecule has 0 N–H and O–H groups in total. The van der Waals surface area contributed by atoms with Crippen molar-refractivity contribution in [1.29, 1.82) is 0 Å². The highest BCUT2D eigenvalue weighted by molar-refractivity contribution is 7.78. The molecule has 2 bridgehead atoms. The second-order valence-electron chi connectivity index (χ2n) is 3.46. The van der Waals surface area contributed by atoms with Gasteiger partial charge in [-0.2, -0.15) is 0 Å². The van der Waals surface area contributed by atoms with Crippen molar-refractivity contribution in [3.63, 3.8) is 0 Å². The third-order valence-corrected chi connectivity index (χ3v) is 3.02. The van der Waals surface area contributed by atoms with E-state index in [-0.39, 0.29) is 0 Å². The van der Waals surface area contributed by atoms with Crippen molar-refractivity contribution >= 4 is 17.4 Å². The van der Waals surface area contributed by atoms with Crippen molar-refractivity contribution < 1.29 is 0 Å². The van der Waals surface area contributed by atoms with Crippen LogP contribution in [-0.4, -0.2) is 11.2 Å². The van der Waals surface area contributed by atoms with E-state index in [1.54, 1.807) is 0 Å². The van der Waals surface area contributed by atoms with Crippen LogP contribution >= 0.6 is 12.2 Å². The van der Waals surface area contributed by atoms with Crippen molar-refractivity contribution in [1.82, 2.24) is 0 Å². The molecule has 1 nitrogen and oxygen atoms in total. The lowest BCUT2D eigenvalue weighted by Gasteiger charge is -2.15. The van der Waals surface area contributed by atoms with Gasteiger partial charge in [0.15, 0.2) is 0 Å². The summed E-state index contributed by atoms with van der Waals surface area (Å²) in [7, 11) is 0. The van der Waals surface area contributed by atoms with E-state index in [9.17, 15) is 0 Å². The van der Waals surface area contributed by atoms with Crippen molar-refractivity contribution in [2.45, 2.75) is 31.7 Å². The first-order valence-corrected chi connectivity index (χ1v) is 4.38. The van der Waals surface area contributed by atoms with Crippen LogP contribution in [0.3, 0.4) is 0 Å². The van der Waals surface area contributed by atoms with Gasteiger partial charge in [0.1, 0.15) is 0 Å². The Labute approximate surface area is 66.5 Å². The summed E-state index contributed by atoms with van der Waals surface area (Å²) in [6.07, 6.45) is 5.52. The number of aliphatic imine (C=N–C) groups is 1. The van der Waals surface area contributed by atoms with E-state index >= 15 is 0 Å². The maximum atomic E-state index is 4.59. The molecule has 54 valence electrons. The molecule has 0 radical (unpaired) electrons. The minimum Gasteiger partial charge on any atom is -0.229 e. The van der Waals surface area contributed by atoms with Crippen molar-refractivity contribution in [2.75, 3.05) is 0 Å². The van der Waals surface area contributed by atoms with E-state index in [0.29, 0.717) is 6.04 Å². The molecule has 0 spiro atoms. The maximum absolute atomic E-state index is 4.59. The van der Waals surface area contributed by atoms with Crippen LogP contribution < -0.4 is 0 Å². The molecule has 0 aromatic rings. The summed E-state index contributed by atoms with van der Waals surface area (Å²) in [6.45, 7) is 0. The summed E-state index contributed by atoms with van der Waals surface area (Å²) in [4.78, 5) is 4.17. The third-order valence-electron chi connectivity index (χ3n) is 2.92. The highest BCUT2D eigenvalue weighted by Crippen LogP contribution is 2.45. The summed E-state index contributed by atoms with van der Waals surface area (Å²) in [6, 6.07) is 0.552. The van der Waals surface area contributed by atoms with Gasteiger partial charge in [-0.15, -0.1) is 0 Å². The molecule has 0 saturated heterocycles. The third kappa shape index (κ3) is 0.920. The summed E-state index contributed by atoms with van der Waals surface area (Å²) in [5, 5.41) is 2.50. The first-order valence-electron chi connectivity index (χ1n) is 3.97. The van der Waals surface area contributed by atoms with Crippen LogP contribution in [0.2, 0.25) is 0 Å². The molecule has 2 aliphatic rings. The number of isothiocyanates is 1. The van der Waals surface area contributed by atoms with Crippen LogP contribution in [0.15, 0.2) is 4.99 Å². The van der Waals surface area contributed by atoms with Gasteiger partial charge < -0.3 is 0 Å². The van der Waals surface area contributed by atoms with E-state index in [0.717, 1.165) is 11.8 Å². The summed E-state index contributed by atoms with van der Waals surface area (Å²) >= 11 is 4.59. The Hall–Kier alpha value is -0.200. The van der Waals surface area contributed by atoms with Crippen molar-refractivity contribution in [3.05, 3.63) is 0 Å². The molecule has 2 fully saturated rings. The van der Waals surface area contributed by atoms with Crippen LogP contribution in [0.25, 0.3) is 0 Å². The van der Waals surface area contributed by atoms with Crippen molar-refractivity contribution in [3.8, 4) is 0 Å². The second-order valence-corrected chi connectivity index (χ2v) is 3.65. The fourth-order valence-electron chi connectivity index (χ4n) is 2.44. The highest BCUT2D eigenvalue weighted by atomic mass is 32.1. The Morgan fingerprint density at radius 3 is 2.70 bits per heavy atom. The normalized spacial score (nSPS) is 43.4. The molecule has 10 heavy (non-hydrogen) atoms. The second kappa shape index (κ2) is 2.44. The van der Waals surface area contributed by atoms with Gasteiger partial charge in [-0.25, -0.2) is 4.99 Å². The van der Waals surface area contributed by atoms with E-state index in [2.05, 4.69) is 22.4 Å². The molecule has 2 saturated carbocycles. The fraction of sp³-hybridized carbons (Fsp3) is 0.875. The number of rotatable bonds is 1. The zero-order valence-electron chi connectivity index (χ0n) is 5.92. The molecule has 0 aromatic heterocycles. The lowest BCUT2D eigenvalue weighted by molar-refractivity contribution is 0.422. The number of nitrogens with zero attached hydrogens (tertiary/aromatic N) is 1. The van der Waals surface area contributed by atoms with E-state index in [4.69, 9.17) is 0 Å². The van der Waals surface area contributed by atoms with Gasteiger partial charge in [-0.1, -0.05) is 6.42 Å². The van der Waals surface area contributed by atoms with Gasteiger partial charge in [0.05, 0.1) is 11.2 Å². The average molecular weight is 153 g/mol. The number of hydrogen-bond donors (Lipinski definition) is 0. The van der Waals surface area contributed by atoms with Gasteiger partial charge in [-0.3, -0.25) is 0 Å². The Balaban J connectivity index is 2.08. The predicted octanol–water partition coefficient (Wildman–Crippen LogP) is 2.28. The van der Waals surface area contributed by atoms with E-state index in [1.807, 2.05) is 0 Å². The minimum atomic E-state index is 0.552. The van der Waals surface area contributed by atoms with Crippen LogP contribution in [0.4, 0.5) is 0 Å². The quantitative estimate of drug-likeness (QED) is 0.416. The molecule has 0 unspecified atom stereocenters. The lowest BCUT2D eigenvalue weighted by atomic mass is 9.96. The molecule has 2 rings (SSSR count). The topological polar surface area (TPSA) is 12.4 Å². The number of fused-ring (bicyclic) bond motifs is 2. The van der Waals surface area contributed by atoms with Crippen LogP contribution in [0, 0.1) is 11.8 Å². The predicted molar refractivity (Wildman–Crippen MR) is 44.3 cm³/mol. The molecule has 0 aliphatic heterocycles. The molecular formula is C8H11NS. The smallest absolute Gasteiger partial charge is 0.0633 e. The molecular weight excluding hydrogens is 142 g/mol. The summed E-state index contributed by atoms with van der Waals surface area (Å²) in [5.74, 6) is 1.84. The SMILES string of the molecule is S=C=N[C@H]1C[C@H]2CC[C@H]1C2. The first kappa shape index (κ1) is 6.51. The fourth-order valence-corrected chi connectivity index (χ4v) is 2.57. The summed E-state index contributed by atoms with van der Waals surface area (Å²) in [5.41, 5.74) is 0. The van der Waals surface area contributed by atoms with E-state index in [1.165, 1.54) is 25.7 Å². The average Bonchev–Trinajstić information content (AvgIpc) is 2.48. The van der Waals surface area contributed by atoms with E-state index < -0.39 is 0 Å². The van der Waals surface area contributed by atoms with Gasteiger partial charge in [0.2, 0.25) is 0 Å². The Morgan fingerprint density at radius 2 is 2.20 bits per heavy atom. The van der Waals surface area contributed by atoms with Gasteiger partial charge in [-0.05, 0) is 43.3 Å². The Morgan fingerprint density at radius 1 is 1.30 bits per heavy atom. The Bertz CT molecular complexity index is 184. The van der Waals surface area contributed by atoms with Crippen LogP contribution in [-0.2, 0) is 0 Å². The molecule has 0 heterocycles. The lowest BCUT2D eigenvalue weighted by Crippen LogP contribution is -2.13. The molecule has 0 aromatic carbocycles. The molecule has 3 atom stereocenters. The zero-order valence-corrected chi connectivity index (χ0v) is 6.73. The monoisotopic (exact) mass is 153 g/mol. The van der Waals surface area contributed by atoms with Gasteiger partial charge in [0, 0.05) is 0 Å². The van der Waals surface area contributed by atoms with Crippen LogP contribution in [0.1, 0.15) is 25.7 Å². The largest absolute Gasteiger partial charge is 0.229 e. The number of thiocarbonyl (C=S) groups is 1. The summed E-state index contributed by atoms with van der Waals surface area (Å²) < 4.78 is 0. The first-order chi connectivity index (χ1) is 4.90. The van der Waals surface area contributed by atoms with Crippen LogP contribution in [0.5, 0.6) is 0 Å². The minimum absolute atomic E-state index is 0.552. The standard InChI is InChI=1S/C8H11NS/c10-5-9-8-4-6-1-2-7(8)3-6/h6-8H,1-4H2/t6-,7-,8-/m0/s1. The van der Waals surface area contributed by atoms with Crippen molar-refractivity contribution in [2.24, 2.45) is 16.8 Å². The maximum Gasteiger partial charge on any atom is 0.0633 e. The highest BCUT2D eigenvalue weighted by Gasteiger charge is 2.39. The molecule has 2 aliphatic carbocycles. The number of hydrogen-bond acceptors (Lipinski definition) is 2. The molecule has 0 amide bonds. The molecule has 2 heteroatoms. The zero-order chi connectivity index (χ0) is 6.97. The van der Waals surface area contributed by atoms with Gasteiger partial charge >= 0.3 is 0 Å². The Kier molecular flexibility index (Phi) is 1.59. The van der Waals surface area contributed by atoms with Gasteiger partial charge in [0.25, 0.3) is 0 Å².